The minimum absolute atomic E-state index is 0.269. The molecule has 1 aliphatic rings. The zero-order chi connectivity index (χ0) is 15.6. The molecule has 116 valence electrons. The lowest BCUT2D eigenvalue weighted by atomic mass is 10.2. The summed E-state index contributed by atoms with van der Waals surface area (Å²) < 4.78 is 39.5. The van der Waals surface area contributed by atoms with Gasteiger partial charge in [0.15, 0.2) is 0 Å². The summed E-state index contributed by atoms with van der Waals surface area (Å²) >= 11 is 0. The van der Waals surface area contributed by atoms with Crippen LogP contribution in [0.3, 0.4) is 0 Å². The SMILES string of the molecule is O=S(=O)(c1ccccc1)N1CCN(c2ccc(F)cc2)CC1. The molecule has 3 rings (SSSR count). The highest BCUT2D eigenvalue weighted by Crippen LogP contribution is 2.21. The first-order chi connectivity index (χ1) is 10.6. The van der Waals surface area contributed by atoms with Crippen LogP contribution in [0.25, 0.3) is 0 Å². The van der Waals surface area contributed by atoms with Gasteiger partial charge in [0.05, 0.1) is 4.90 Å². The Morgan fingerprint density at radius 1 is 0.818 bits per heavy atom. The summed E-state index contributed by atoms with van der Waals surface area (Å²) in [5.41, 5.74) is 0.915. The molecular weight excluding hydrogens is 303 g/mol. The summed E-state index contributed by atoms with van der Waals surface area (Å²) in [6.45, 7) is 2.04. The first-order valence-electron chi connectivity index (χ1n) is 7.13. The van der Waals surface area contributed by atoms with Crippen LogP contribution in [0, 0.1) is 5.82 Å². The van der Waals surface area contributed by atoms with Gasteiger partial charge in [-0.15, -0.1) is 0 Å². The first kappa shape index (κ1) is 15.0. The number of anilines is 1. The van der Waals surface area contributed by atoms with Crippen LogP contribution in [0.2, 0.25) is 0 Å². The Morgan fingerprint density at radius 3 is 2.00 bits per heavy atom. The maximum Gasteiger partial charge on any atom is 0.243 e. The molecule has 0 saturated carbocycles. The average molecular weight is 320 g/mol. The molecule has 4 nitrogen and oxygen atoms in total. The lowest BCUT2D eigenvalue weighted by molar-refractivity contribution is 0.385. The maximum absolute atomic E-state index is 13.0. The van der Waals surface area contributed by atoms with E-state index in [1.807, 2.05) is 0 Å². The van der Waals surface area contributed by atoms with E-state index in [0.29, 0.717) is 31.1 Å². The fourth-order valence-corrected chi connectivity index (χ4v) is 4.02. The number of sulfonamides is 1. The molecule has 0 radical (unpaired) electrons. The van der Waals surface area contributed by atoms with E-state index in [1.165, 1.54) is 16.4 Å². The van der Waals surface area contributed by atoms with Crippen molar-refractivity contribution in [1.82, 2.24) is 4.31 Å². The fraction of sp³-hybridized carbons (Fsp3) is 0.250. The molecule has 0 aromatic heterocycles. The Balaban J connectivity index is 1.70. The van der Waals surface area contributed by atoms with Crippen molar-refractivity contribution in [2.75, 3.05) is 31.1 Å². The van der Waals surface area contributed by atoms with E-state index in [9.17, 15) is 12.8 Å². The van der Waals surface area contributed by atoms with Gasteiger partial charge in [0.25, 0.3) is 0 Å². The molecule has 1 aliphatic heterocycles. The molecule has 0 N–H and O–H groups in total. The molecule has 0 amide bonds. The van der Waals surface area contributed by atoms with Gasteiger partial charge in [-0.25, -0.2) is 12.8 Å². The Bertz CT molecular complexity index is 725. The third-order valence-corrected chi connectivity index (χ3v) is 5.72. The Kier molecular flexibility index (Phi) is 4.13. The second-order valence-corrected chi connectivity index (χ2v) is 7.12. The van der Waals surface area contributed by atoms with Crippen molar-refractivity contribution in [3.8, 4) is 0 Å². The number of halogens is 1. The molecule has 0 aliphatic carbocycles. The minimum Gasteiger partial charge on any atom is -0.369 e. The molecular formula is C16H17FN2O2S. The summed E-state index contributed by atoms with van der Waals surface area (Å²) in [6, 6.07) is 14.7. The number of hydrogen-bond acceptors (Lipinski definition) is 3. The summed E-state index contributed by atoms with van der Waals surface area (Å²) in [5, 5.41) is 0. The zero-order valence-corrected chi connectivity index (χ0v) is 12.8. The molecule has 0 spiro atoms. The van der Waals surface area contributed by atoms with Crippen LogP contribution in [0.1, 0.15) is 0 Å². The smallest absolute Gasteiger partial charge is 0.243 e. The Morgan fingerprint density at radius 2 is 1.41 bits per heavy atom. The average Bonchev–Trinajstić information content (AvgIpc) is 2.56. The van der Waals surface area contributed by atoms with Gasteiger partial charge in [-0.2, -0.15) is 4.31 Å². The van der Waals surface area contributed by atoms with Crippen molar-refractivity contribution in [1.29, 1.82) is 0 Å². The highest BCUT2D eigenvalue weighted by atomic mass is 32.2. The molecule has 0 bridgehead atoms. The lowest BCUT2D eigenvalue weighted by Gasteiger charge is -2.35. The van der Waals surface area contributed by atoms with Crippen molar-refractivity contribution < 1.29 is 12.8 Å². The molecule has 2 aromatic carbocycles. The standard InChI is InChI=1S/C16H17FN2O2S/c17-14-6-8-15(9-7-14)18-10-12-19(13-11-18)22(20,21)16-4-2-1-3-5-16/h1-9H,10-13H2. The van der Waals surface area contributed by atoms with Gasteiger partial charge in [0.1, 0.15) is 5.82 Å². The van der Waals surface area contributed by atoms with Gasteiger partial charge in [-0.05, 0) is 36.4 Å². The van der Waals surface area contributed by atoms with Crippen molar-refractivity contribution in [3.63, 3.8) is 0 Å². The molecule has 1 fully saturated rings. The predicted octanol–water partition coefficient (Wildman–Crippen LogP) is 2.34. The van der Waals surface area contributed by atoms with Crippen LogP contribution in [-0.2, 0) is 10.0 Å². The van der Waals surface area contributed by atoms with Crippen molar-refractivity contribution in [2.45, 2.75) is 4.90 Å². The van der Waals surface area contributed by atoms with Crippen LogP contribution in [0.5, 0.6) is 0 Å². The fourth-order valence-electron chi connectivity index (χ4n) is 2.58. The maximum atomic E-state index is 13.0. The van der Waals surface area contributed by atoms with Crippen molar-refractivity contribution >= 4 is 15.7 Å². The third-order valence-electron chi connectivity index (χ3n) is 3.81. The van der Waals surface area contributed by atoms with Crippen molar-refractivity contribution in [3.05, 3.63) is 60.4 Å². The summed E-state index contributed by atoms with van der Waals surface area (Å²) in [6.07, 6.45) is 0. The van der Waals surface area contributed by atoms with Gasteiger partial charge in [-0.3, -0.25) is 0 Å². The van der Waals surface area contributed by atoms with E-state index in [1.54, 1.807) is 42.5 Å². The van der Waals surface area contributed by atoms with Gasteiger partial charge in [0.2, 0.25) is 10.0 Å². The number of hydrogen-bond donors (Lipinski definition) is 0. The van der Waals surface area contributed by atoms with Crippen LogP contribution < -0.4 is 4.90 Å². The number of nitrogens with zero attached hydrogens (tertiary/aromatic N) is 2. The van der Waals surface area contributed by atoms with E-state index >= 15 is 0 Å². The molecule has 0 unspecified atom stereocenters. The topological polar surface area (TPSA) is 40.6 Å². The zero-order valence-electron chi connectivity index (χ0n) is 12.0. The van der Waals surface area contributed by atoms with Gasteiger partial charge < -0.3 is 4.90 Å². The van der Waals surface area contributed by atoms with E-state index < -0.39 is 10.0 Å². The Hall–Kier alpha value is -1.92. The minimum atomic E-state index is -3.43. The largest absolute Gasteiger partial charge is 0.369 e. The highest BCUT2D eigenvalue weighted by Gasteiger charge is 2.28. The van der Waals surface area contributed by atoms with Crippen LogP contribution in [0.15, 0.2) is 59.5 Å². The third kappa shape index (κ3) is 2.98. The predicted molar refractivity (Wildman–Crippen MR) is 83.8 cm³/mol. The van der Waals surface area contributed by atoms with Gasteiger partial charge >= 0.3 is 0 Å². The second kappa shape index (κ2) is 6.06. The second-order valence-electron chi connectivity index (χ2n) is 5.18. The van der Waals surface area contributed by atoms with E-state index in [2.05, 4.69) is 4.90 Å². The Labute approximate surface area is 129 Å². The van der Waals surface area contributed by atoms with Crippen LogP contribution in [0.4, 0.5) is 10.1 Å². The molecule has 1 saturated heterocycles. The molecule has 22 heavy (non-hydrogen) atoms. The number of benzene rings is 2. The summed E-state index contributed by atoms with van der Waals surface area (Å²) in [7, 11) is -3.43. The molecule has 0 atom stereocenters. The van der Waals surface area contributed by atoms with Crippen LogP contribution in [-0.4, -0.2) is 38.9 Å². The lowest BCUT2D eigenvalue weighted by Crippen LogP contribution is -2.48. The van der Waals surface area contributed by atoms with E-state index in [4.69, 9.17) is 0 Å². The first-order valence-corrected chi connectivity index (χ1v) is 8.57. The van der Waals surface area contributed by atoms with Crippen molar-refractivity contribution in [2.24, 2.45) is 0 Å². The normalized spacial score (nSPS) is 16.7. The monoisotopic (exact) mass is 320 g/mol. The molecule has 2 aromatic rings. The molecule has 1 heterocycles. The van der Waals surface area contributed by atoms with Gasteiger partial charge in [0, 0.05) is 31.9 Å². The summed E-state index contributed by atoms with van der Waals surface area (Å²) in [5.74, 6) is -0.269. The van der Waals surface area contributed by atoms with Gasteiger partial charge in [-0.1, -0.05) is 18.2 Å². The number of piperazine rings is 1. The molecule has 6 heteroatoms. The quantitative estimate of drug-likeness (QED) is 0.871. The van der Waals surface area contributed by atoms with E-state index in [0.717, 1.165) is 5.69 Å². The highest BCUT2D eigenvalue weighted by molar-refractivity contribution is 7.89. The van der Waals surface area contributed by atoms with E-state index in [-0.39, 0.29) is 5.82 Å². The van der Waals surface area contributed by atoms with Crippen LogP contribution >= 0.6 is 0 Å². The number of rotatable bonds is 3. The summed E-state index contributed by atoms with van der Waals surface area (Å²) in [4.78, 5) is 2.39.